The minimum atomic E-state index is -3.93. The minimum absolute atomic E-state index is 0.0263. The Bertz CT molecular complexity index is 926. The molecule has 1 amide bonds. The Morgan fingerprint density at radius 2 is 1.96 bits per heavy atom. The van der Waals surface area contributed by atoms with Crippen LogP contribution in [0.2, 0.25) is 0 Å². The number of nitro groups is 1. The number of hydrogen-bond acceptors (Lipinski definition) is 8. The summed E-state index contributed by atoms with van der Waals surface area (Å²) in [6.07, 6.45) is 0.986. The van der Waals surface area contributed by atoms with E-state index in [9.17, 15) is 28.1 Å². The molecule has 0 aliphatic carbocycles. The van der Waals surface area contributed by atoms with E-state index in [-0.39, 0.29) is 36.6 Å². The van der Waals surface area contributed by atoms with E-state index in [1.54, 1.807) is 6.92 Å². The molecule has 1 atom stereocenters. The molecule has 0 N–H and O–H groups in total. The maximum Gasteiger partial charge on any atom is 0.359 e. The van der Waals surface area contributed by atoms with Gasteiger partial charge in [-0.3, -0.25) is 19.8 Å². The summed E-state index contributed by atoms with van der Waals surface area (Å²) in [6.45, 7) is 1.34. The van der Waals surface area contributed by atoms with Crippen LogP contribution in [0.15, 0.2) is 35.7 Å². The first kappa shape index (κ1) is 21.8. The summed E-state index contributed by atoms with van der Waals surface area (Å²) in [7, 11) is -3.93. The molecular formula is C16H17BrN2O8S. The fourth-order valence-corrected chi connectivity index (χ4v) is 3.64. The lowest BCUT2D eigenvalue weighted by atomic mass is 10.1. The van der Waals surface area contributed by atoms with E-state index in [1.807, 2.05) is 0 Å². The number of carbonyl (C=O) groups excluding carboxylic acids is 2. The number of likely N-dealkylation sites (tertiary alicyclic amines) is 1. The van der Waals surface area contributed by atoms with E-state index in [4.69, 9.17) is 8.92 Å². The van der Waals surface area contributed by atoms with Gasteiger partial charge in [0.1, 0.15) is 11.6 Å². The number of β-lactam (4-membered cyclic amide) rings is 1. The molecule has 1 aromatic carbocycles. The van der Waals surface area contributed by atoms with Crippen LogP contribution in [0.1, 0.15) is 25.3 Å². The highest BCUT2D eigenvalue weighted by Crippen LogP contribution is 2.32. The Morgan fingerprint density at radius 1 is 1.36 bits per heavy atom. The van der Waals surface area contributed by atoms with Crippen LogP contribution in [0.3, 0.4) is 0 Å². The molecule has 1 unspecified atom stereocenters. The molecule has 1 heterocycles. The topological polar surface area (TPSA) is 133 Å². The first-order chi connectivity index (χ1) is 13.0. The van der Waals surface area contributed by atoms with Crippen molar-refractivity contribution < 1.29 is 31.9 Å². The predicted octanol–water partition coefficient (Wildman–Crippen LogP) is 2.19. The molecule has 10 nitrogen and oxygen atoms in total. The van der Waals surface area contributed by atoms with Crippen LogP contribution in [0.4, 0.5) is 5.69 Å². The second-order valence-electron chi connectivity index (χ2n) is 5.81. The lowest BCUT2D eigenvalue weighted by Crippen LogP contribution is -2.50. The summed E-state index contributed by atoms with van der Waals surface area (Å²) >= 11 is 3.22. The number of ether oxygens (including phenoxy) is 1. The number of amides is 1. The Balaban J connectivity index is 2.26. The number of nitro benzene ring substituents is 1. The zero-order valence-corrected chi connectivity index (χ0v) is 17.4. The highest BCUT2D eigenvalue weighted by Gasteiger charge is 2.42. The van der Waals surface area contributed by atoms with Gasteiger partial charge in [-0.05, 0) is 17.7 Å². The van der Waals surface area contributed by atoms with Crippen LogP contribution in [0.25, 0.3) is 0 Å². The number of hydrogen-bond donors (Lipinski definition) is 0. The molecule has 1 aliphatic heterocycles. The average molecular weight is 477 g/mol. The molecular weight excluding hydrogens is 460 g/mol. The van der Waals surface area contributed by atoms with Gasteiger partial charge in [0.25, 0.3) is 5.69 Å². The van der Waals surface area contributed by atoms with Crippen molar-refractivity contribution in [2.75, 3.05) is 6.26 Å². The Labute approximate surface area is 169 Å². The van der Waals surface area contributed by atoms with Gasteiger partial charge in [-0.2, -0.15) is 8.42 Å². The van der Waals surface area contributed by atoms with Crippen molar-refractivity contribution >= 4 is 43.6 Å². The Hall–Kier alpha value is -2.47. The monoisotopic (exact) mass is 476 g/mol. The Kier molecular flexibility index (Phi) is 6.77. The van der Waals surface area contributed by atoms with Crippen molar-refractivity contribution in [3.63, 3.8) is 0 Å². The molecule has 0 spiro atoms. The van der Waals surface area contributed by atoms with E-state index in [0.29, 0.717) is 5.56 Å². The van der Waals surface area contributed by atoms with Gasteiger partial charge in [0.15, 0.2) is 11.5 Å². The van der Waals surface area contributed by atoms with Gasteiger partial charge in [0.05, 0.1) is 17.6 Å². The molecule has 152 valence electrons. The van der Waals surface area contributed by atoms with Gasteiger partial charge in [0, 0.05) is 18.6 Å². The fraction of sp³-hybridized carbons (Fsp3) is 0.375. The maximum atomic E-state index is 12.6. The number of nitrogens with zero attached hydrogens (tertiary/aromatic N) is 2. The molecule has 1 fully saturated rings. The zero-order valence-electron chi connectivity index (χ0n) is 15.0. The zero-order chi connectivity index (χ0) is 21.1. The van der Waals surface area contributed by atoms with Crippen molar-refractivity contribution in [3.8, 4) is 0 Å². The number of non-ortho nitro benzene ring substituents is 1. The molecule has 28 heavy (non-hydrogen) atoms. The predicted molar refractivity (Wildman–Crippen MR) is 100 cm³/mol. The van der Waals surface area contributed by atoms with Gasteiger partial charge >= 0.3 is 16.1 Å². The highest BCUT2D eigenvalue weighted by atomic mass is 79.9. The summed E-state index contributed by atoms with van der Waals surface area (Å²) < 4.78 is 33.1. The van der Waals surface area contributed by atoms with Crippen LogP contribution in [0, 0.1) is 10.1 Å². The third-order valence-corrected chi connectivity index (χ3v) is 4.92. The minimum Gasteiger partial charge on any atom is -0.456 e. The molecule has 1 saturated heterocycles. The van der Waals surface area contributed by atoms with Crippen molar-refractivity contribution in [3.05, 3.63) is 51.4 Å². The number of rotatable bonds is 8. The van der Waals surface area contributed by atoms with E-state index in [1.165, 1.54) is 24.3 Å². The van der Waals surface area contributed by atoms with Crippen molar-refractivity contribution in [1.29, 1.82) is 0 Å². The molecule has 0 saturated carbocycles. The van der Waals surface area contributed by atoms with Gasteiger partial charge in [-0.1, -0.05) is 22.9 Å². The highest BCUT2D eigenvalue weighted by molar-refractivity contribution is 9.09. The second-order valence-corrected chi connectivity index (χ2v) is 8.45. The van der Waals surface area contributed by atoms with Gasteiger partial charge in [0.2, 0.25) is 5.91 Å². The largest absolute Gasteiger partial charge is 0.456 e. The average Bonchev–Trinajstić information content (AvgIpc) is 2.61. The molecule has 0 aromatic heterocycles. The van der Waals surface area contributed by atoms with Crippen molar-refractivity contribution in [1.82, 2.24) is 4.90 Å². The fourth-order valence-electron chi connectivity index (χ4n) is 2.37. The molecule has 0 radical (unpaired) electrons. The normalized spacial score (nSPS) is 17.5. The van der Waals surface area contributed by atoms with Crippen molar-refractivity contribution in [2.24, 2.45) is 0 Å². The smallest absolute Gasteiger partial charge is 0.359 e. The maximum absolute atomic E-state index is 12.6. The van der Waals surface area contributed by atoms with Crippen LogP contribution < -0.4 is 0 Å². The van der Waals surface area contributed by atoms with E-state index in [2.05, 4.69) is 15.9 Å². The van der Waals surface area contributed by atoms with E-state index in [0.717, 1.165) is 11.2 Å². The number of carbonyl (C=O) groups is 2. The standard InChI is InChI=1S/C16H17BrN2O8S/c1-3-12(27-28(2,24)25)15(18-13(17)8-14(18)20)16(21)26-9-10-4-6-11(7-5-10)19(22)23/h4-7,13H,3,8-9H2,1-2H3/b15-12+. The van der Waals surface area contributed by atoms with Crippen molar-refractivity contribution in [2.45, 2.75) is 31.3 Å². The van der Waals surface area contributed by atoms with Gasteiger partial charge < -0.3 is 8.92 Å². The van der Waals surface area contributed by atoms with Gasteiger partial charge in [-0.15, -0.1) is 0 Å². The lowest BCUT2D eigenvalue weighted by molar-refractivity contribution is -0.384. The summed E-state index contributed by atoms with van der Waals surface area (Å²) in [6, 6.07) is 5.37. The van der Waals surface area contributed by atoms with Crippen LogP contribution in [-0.2, 0) is 35.2 Å². The van der Waals surface area contributed by atoms with Gasteiger partial charge in [-0.25, -0.2) is 4.79 Å². The molecule has 1 aromatic rings. The number of allylic oxidation sites excluding steroid dienone is 1. The quantitative estimate of drug-likeness (QED) is 0.0641. The third-order valence-electron chi connectivity index (χ3n) is 3.68. The van der Waals surface area contributed by atoms with Crippen LogP contribution in [0.5, 0.6) is 0 Å². The summed E-state index contributed by atoms with van der Waals surface area (Å²) in [5, 5.41) is 10.7. The summed E-state index contributed by atoms with van der Waals surface area (Å²) in [4.78, 5) is 35.3. The summed E-state index contributed by atoms with van der Waals surface area (Å²) in [5.41, 5.74) is 0.0671. The van der Waals surface area contributed by atoms with E-state index < -0.39 is 31.9 Å². The first-order valence-corrected chi connectivity index (χ1v) is 10.8. The number of alkyl halides is 1. The number of benzene rings is 1. The lowest BCUT2D eigenvalue weighted by Gasteiger charge is -2.37. The third kappa shape index (κ3) is 5.29. The molecule has 1 aliphatic rings. The van der Waals surface area contributed by atoms with Crippen LogP contribution >= 0.6 is 15.9 Å². The first-order valence-electron chi connectivity index (χ1n) is 8.02. The second kappa shape index (κ2) is 8.69. The number of esters is 1. The molecule has 0 bridgehead atoms. The SMILES string of the molecule is CC/C(OS(C)(=O)=O)=C(/C(=O)OCc1ccc([N+](=O)[O-])cc1)N1C(=O)CC1Br. The summed E-state index contributed by atoms with van der Waals surface area (Å²) in [5.74, 6) is -1.56. The molecule has 12 heteroatoms. The number of halogens is 1. The Morgan fingerprint density at radius 3 is 2.39 bits per heavy atom. The van der Waals surface area contributed by atoms with E-state index >= 15 is 0 Å². The molecule has 2 rings (SSSR count). The van der Waals surface area contributed by atoms with Crippen LogP contribution in [-0.4, -0.2) is 41.3 Å².